The van der Waals surface area contributed by atoms with Gasteiger partial charge < -0.3 is 9.67 Å². The lowest BCUT2D eigenvalue weighted by Gasteiger charge is -2.21. The van der Waals surface area contributed by atoms with Gasteiger partial charge >= 0.3 is 0 Å². The van der Waals surface area contributed by atoms with Crippen LogP contribution in [0.3, 0.4) is 0 Å². The third-order valence-electron chi connectivity index (χ3n) is 6.80. The van der Waals surface area contributed by atoms with Crippen LogP contribution in [0.25, 0.3) is 5.69 Å². The van der Waals surface area contributed by atoms with Crippen LogP contribution < -0.4 is 0 Å². The number of nitriles is 1. The van der Waals surface area contributed by atoms with E-state index in [1.54, 1.807) is 0 Å². The Hall–Kier alpha value is -2.42. The minimum Gasteiger partial charge on any atom is -0.391 e. The van der Waals surface area contributed by atoms with Gasteiger partial charge in [0.1, 0.15) is 0 Å². The zero-order chi connectivity index (χ0) is 19.4. The van der Waals surface area contributed by atoms with Crippen molar-refractivity contribution in [2.45, 2.75) is 63.1 Å². The summed E-state index contributed by atoms with van der Waals surface area (Å²) in [6, 6.07) is 12.3. The van der Waals surface area contributed by atoms with Crippen LogP contribution in [0.1, 0.15) is 65.3 Å². The Morgan fingerprint density at radius 3 is 2.54 bits per heavy atom. The molecule has 2 unspecified atom stereocenters. The smallest absolute Gasteiger partial charge is 0.178 e. The van der Waals surface area contributed by atoms with Crippen molar-refractivity contribution in [1.82, 2.24) is 9.47 Å². The number of aromatic nitrogens is 1. The molecule has 144 valence electrons. The fourth-order valence-corrected chi connectivity index (χ4v) is 5.19. The zero-order valence-corrected chi connectivity index (χ0v) is 16.1. The average Bonchev–Trinajstić information content (AvgIpc) is 3.32. The van der Waals surface area contributed by atoms with Crippen molar-refractivity contribution in [2.24, 2.45) is 0 Å². The van der Waals surface area contributed by atoms with Crippen LogP contribution in [0.2, 0.25) is 0 Å². The van der Waals surface area contributed by atoms with Crippen LogP contribution in [0, 0.1) is 18.3 Å². The number of nitrogens with zero attached hydrogens (tertiary/aromatic N) is 3. The summed E-state index contributed by atoms with van der Waals surface area (Å²) >= 11 is 0. The molecule has 1 N–H and O–H groups in total. The average molecular weight is 375 g/mol. The summed E-state index contributed by atoms with van der Waals surface area (Å²) in [6.07, 6.45) is 4.94. The molecule has 2 bridgehead atoms. The number of carbonyl (C=O) groups is 1. The molecule has 0 spiro atoms. The zero-order valence-electron chi connectivity index (χ0n) is 16.1. The van der Waals surface area contributed by atoms with E-state index >= 15 is 0 Å². The first-order chi connectivity index (χ1) is 13.6. The van der Waals surface area contributed by atoms with E-state index in [2.05, 4.69) is 21.6 Å². The Bertz CT molecular complexity index is 965. The number of carbonyl (C=O) groups excluding carboxylic acids is 1. The van der Waals surface area contributed by atoms with Crippen LogP contribution in [0.15, 0.2) is 30.3 Å². The molecule has 0 radical (unpaired) electrons. The van der Waals surface area contributed by atoms with E-state index in [-0.39, 0.29) is 17.9 Å². The predicted molar refractivity (Wildman–Crippen MR) is 106 cm³/mol. The standard InChI is InChI=1S/C23H25N3O2/c1-14-19(23(28)13-25-18-8-9-20(25)22(27)10-18)11-21(16-4-5-16)26(14)17-6-2-15(12-24)3-7-17/h2-3,6-7,11,16,18,20,22,27H,4-5,8-10,13H2,1H3/t18?,20?,22-/m0/s1. The van der Waals surface area contributed by atoms with Gasteiger partial charge in [-0.15, -0.1) is 0 Å². The molecule has 3 fully saturated rings. The Kier molecular flexibility index (Phi) is 4.15. The van der Waals surface area contributed by atoms with E-state index < -0.39 is 0 Å². The lowest BCUT2D eigenvalue weighted by Crippen LogP contribution is -2.36. The predicted octanol–water partition coefficient (Wildman–Crippen LogP) is 3.32. The summed E-state index contributed by atoms with van der Waals surface area (Å²) in [5, 5.41) is 19.2. The highest BCUT2D eigenvalue weighted by Crippen LogP contribution is 2.43. The normalized spacial score (nSPS) is 26.5. The van der Waals surface area contributed by atoms with Gasteiger partial charge in [0.15, 0.2) is 5.78 Å². The number of hydrogen-bond acceptors (Lipinski definition) is 4. The summed E-state index contributed by atoms with van der Waals surface area (Å²) in [5.74, 6) is 0.665. The molecule has 0 amide bonds. The Morgan fingerprint density at radius 1 is 1.21 bits per heavy atom. The fourth-order valence-electron chi connectivity index (χ4n) is 5.19. The molecular weight excluding hydrogens is 350 g/mol. The van der Waals surface area contributed by atoms with Crippen molar-refractivity contribution < 1.29 is 9.90 Å². The number of benzene rings is 1. The van der Waals surface area contributed by atoms with Crippen LogP contribution in [-0.4, -0.2) is 45.1 Å². The number of hydrogen-bond donors (Lipinski definition) is 1. The maximum absolute atomic E-state index is 13.2. The van der Waals surface area contributed by atoms with Gasteiger partial charge in [0, 0.05) is 34.7 Å². The molecule has 1 aromatic carbocycles. The molecule has 28 heavy (non-hydrogen) atoms. The summed E-state index contributed by atoms with van der Waals surface area (Å²) in [6.45, 7) is 2.42. The third-order valence-corrected chi connectivity index (χ3v) is 6.80. The molecule has 5 rings (SSSR count). The molecule has 3 aliphatic rings. The van der Waals surface area contributed by atoms with Crippen LogP contribution >= 0.6 is 0 Å². The Balaban J connectivity index is 1.47. The SMILES string of the molecule is Cc1c(C(=O)CN2C3CCC2[C@@H](O)C3)cc(C2CC2)n1-c1ccc(C#N)cc1. The van der Waals surface area contributed by atoms with E-state index in [0.29, 0.717) is 24.1 Å². The molecule has 3 heterocycles. The molecule has 2 aromatic rings. The monoisotopic (exact) mass is 375 g/mol. The van der Waals surface area contributed by atoms with E-state index in [1.165, 1.54) is 5.69 Å². The van der Waals surface area contributed by atoms with Crippen molar-refractivity contribution >= 4 is 5.78 Å². The van der Waals surface area contributed by atoms with E-state index in [9.17, 15) is 9.90 Å². The number of rotatable bonds is 5. The lowest BCUT2D eigenvalue weighted by atomic mass is 9.98. The van der Waals surface area contributed by atoms with Crippen molar-refractivity contribution in [3.05, 3.63) is 52.8 Å². The van der Waals surface area contributed by atoms with Gasteiger partial charge in [-0.25, -0.2) is 0 Å². The van der Waals surface area contributed by atoms with Gasteiger partial charge in [-0.1, -0.05) is 0 Å². The number of ketones is 1. The molecule has 5 heteroatoms. The number of Topliss-reactive ketones (excluding diaryl/α,β-unsaturated/α-hetero) is 1. The first-order valence-electron chi connectivity index (χ1n) is 10.3. The third kappa shape index (κ3) is 2.80. The first-order valence-corrected chi connectivity index (χ1v) is 10.3. The van der Waals surface area contributed by atoms with Gasteiger partial charge in [-0.2, -0.15) is 5.26 Å². The Labute approximate surface area is 165 Å². The van der Waals surface area contributed by atoms with Crippen LogP contribution in [0.5, 0.6) is 0 Å². The lowest BCUT2D eigenvalue weighted by molar-refractivity contribution is 0.0873. The first kappa shape index (κ1) is 17.7. The minimum absolute atomic E-state index is 0.151. The molecule has 2 saturated heterocycles. The number of fused-ring (bicyclic) bond motifs is 2. The molecule has 5 nitrogen and oxygen atoms in total. The second-order valence-electron chi connectivity index (χ2n) is 8.53. The maximum atomic E-state index is 13.2. The molecular formula is C23H25N3O2. The topological polar surface area (TPSA) is 69.3 Å². The van der Waals surface area contributed by atoms with E-state index in [4.69, 9.17) is 5.26 Å². The van der Waals surface area contributed by atoms with Crippen molar-refractivity contribution in [2.75, 3.05) is 6.54 Å². The van der Waals surface area contributed by atoms with Crippen LogP contribution in [-0.2, 0) is 0 Å². The summed E-state index contributed by atoms with van der Waals surface area (Å²) < 4.78 is 2.19. The molecule has 1 saturated carbocycles. The van der Waals surface area contributed by atoms with E-state index in [0.717, 1.165) is 49.0 Å². The number of aliphatic hydroxyl groups is 1. The summed E-state index contributed by atoms with van der Waals surface area (Å²) in [7, 11) is 0. The van der Waals surface area contributed by atoms with Gasteiger partial charge in [0.25, 0.3) is 0 Å². The fraction of sp³-hybridized carbons (Fsp3) is 0.478. The maximum Gasteiger partial charge on any atom is 0.178 e. The quantitative estimate of drug-likeness (QED) is 0.814. The second kappa shape index (κ2) is 6.58. The van der Waals surface area contributed by atoms with Gasteiger partial charge in [0.05, 0.1) is 24.3 Å². The molecule has 2 aliphatic heterocycles. The summed E-state index contributed by atoms with van der Waals surface area (Å²) in [4.78, 5) is 15.4. The Morgan fingerprint density at radius 2 is 1.96 bits per heavy atom. The highest BCUT2D eigenvalue weighted by molar-refractivity contribution is 5.99. The van der Waals surface area contributed by atoms with Gasteiger partial charge in [0.2, 0.25) is 0 Å². The minimum atomic E-state index is -0.280. The van der Waals surface area contributed by atoms with Crippen LogP contribution in [0.4, 0.5) is 0 Å². The largest absolute Gasteiger partial charge is 0.391 e. The number of aliphatic hydroxyl groups excluding tert-OH is 1. The van der Waals surface area contributed by atoms with Gasteiger partial charge in [-0.05, 0) is 75.3 Å². The molecule has 1 aromatic heterocycles. The highest BCUT2D eigenvalue weighted by Gasteiger charge is 2.46. The molecule has 3 atom stereocenters. The van der Waals surface area contributed by atoms with Gasteiger partial charge in [-0.3, -0.25) is 9.69 Å². The highest BCUT2D eigenvalue weighted by atomic mass is 16.3. The summed E-state index contributed by atoms with van der Waals surface area (Å²) in [5.41, 5.74) is 4.63. The second-order valence-corrected chi connectivity index (χ2v) is 8.53. The van der Waals surface area contributed by atoms with Crippen molar-refractivity contribution in [3.63, 3.8) is 0 Å². The van der Waals surface area contributed by atoms with Crippen molar-refractivity contribution in [1.29, 1.82) is 5.26 Å². The van der Waals surface area contributed by atoms with Crippen molar-refractivity contribution in [3.8, 4) is 11.8 Å². The van der Waals surface area contributed by atoms with E-state index in [1.807, 2.05) is 31.2 Å². The molecule has 1 aliphatic carbocycles.